The molecule has 1 aromatic rings. The Morgan fingerprint density at radius 3 is 2.48 bits per heavy atom. The number of aromatic nitrogens is 2. The summed E-state index contributed by atoms with van der Waals surface area (Å²) < 4.78 is 29.0. The van der Waals surface area contributed by atoms with Gasteiger partial charge in [0, 0.05) is 19.6 Å². The minimum absolute atomic E-state index is 0.0492. The van der Waals surface area contributed by atoms with Crippen molar-refractivity contribution in [1.29, 1.82) is 0 Å². The number of sulfonamides is 1. The first-order chi connectivity index (χ1) is 9.83. The first kappa shape index (κ1) is 16.3. The fourth-order valence-corrected chi connectivity index (χ4v) is 4.18. The lowest BCUT2D eigenvalue weighted by atomic mass is 10.1. The van der Waals surface area contributed by atoms with E-state index in [1.807, 2.05) is 6.92 Å². The summed E-state index contributed by atoms with van der Waals surface area (Å²) in [6.45, 7) is 6.21. The summed E-state index contributed by atoms with van der Waals surface area (Å²) in [6, 6.07) is 0.179. The van der Waals surface area contributed by atoms with Crippen molar-refractivity contribution in [3.05, 3.63) is 5.69 Å². The van der Waals surface area contributed by atoms with Crippen molar-refractivity contribution < 1.29 is 8.42 Å². The topological polar surface area (TPSA) is 93.2 Å². The molecular formula is C13H25N5O2S. The minimum atomic E-state index is -3.62. The molecule has 1 fully saturated rings. The van der Waals surface area contributed by atoms with E-state index in [1.165, 1.54) is 23.9 Å². The van der Waals surface area contributed by atoms with Gasteiger partial charge in [0.1, 0.15) is 4.90 Å². The number of anilines is 1. The van der Waals surface area contributed by atoms with Crippen LogP contribution >= 0.6 is 0 Å². The highest BCUT2D eigenvalue weighted by Gasteiger charge is 2.26. The van der Waals surface area contributed by atoms with Gasteiger partial charge in [-0.2, -0.15) is 5.10 Å². The largest absolute Gasteiger partial charge is 0.381 e. The van der Waals surface area contributed by atoms with E-state index in [2.05, 4.69) is 14.7 Å². The van der Waals surface area contributed by atoms with Crippen molar-refractivity contribution >= 4 is 15.8 Å². The molecule has 0 amide bonds. The smallest absolute Gasteiger partial charge is 0.246 e. The zero-order valence-corrected chi connectivity index (χ0v) is 13.8. The fourth-order valence-electron chi connectivity index (χ4n) is 2.74. The van der Waals surface area contributed by atoms with Crippen molar-refractivity contribution in [2.45, 2.75) is 44.0 Å². The van der Waals surface area contributed by atoms with Gasteiger partial charge in [-0.05, 0) is 39.8 Å². The van der Waals surface area contributed by atoms with E-state index in [4.69, 9.17) is 5.73 Å². The number of nitrogen functional groups attached to an aromatic ring is 1. The van der Waals surface area contributed by atoms with Crippen LogP contribution in [-0.4, -0.2) is 48.8 Å². The Hall–Kier alpha value is -1.12. The lowest BCUT2D eigenvalue weighted by molar-refractivity contribution is 0.175. The fraction of sp³-hybridized carbons (Fsp3) is 0.769. The maximum absolute atomic E-state index is 12.4. The van der Waals surface area contributed by atoms with Crippen LogP contribution in [0.1, 0.15) is 31.9 Å². The van der Waals surface area contributed by atoms with Crippen LogP contribution in [0.4, 0.5) is 5.82 Å². The average molecular weight is 315 g/mol. The first-order valence-corrected chi connectivity index (χ1v) is 8.84. The summed E-state index contributed by atoms with van der Waals surface area (Å²) in [6.07, 6.45) is 3.64. The van der Waals surface area contributed by atoms with E-state index in [0.717, 1.165) is 13.1 Å². The number of rotatable bonds is 5. The van der Waals surface area contributed by atoms with Crippen LogP contribution < -0.4 is 10.5 Å². The molecular weight excluding hydrogens is 290 g/mol. The molecule has 7 nitrogen and oxygen atoms in total. The van der Waals surface area contributed by atoms with Gasteiger partial charge < -0.3 is 5.73 Å². The normalized spacial score (nSPS) is 18.8. The third kappa shape index (κ3) is 3.56. The number of aryl methyl sites for hydroxylation is 1. The second-order valence-electron chi connectivity index (χ2n) is 5.72. The van der Waals surface area contributed by atoms with Gasteiger partial charge in [-0.15, -0.1) is 0 Å². The van der Waals surface area contributed by atoms with Crippen LogP contribution in [-0.2, 0) is 17.1 Å². The maximum Gasteiger partial charge on any atom is 0.246 e. The third-order valence-electron chi connectivity index (χ3n) is 4.16. The molecule has 3 N–H and O–H groups in total. The lowest BCUT2D eigenvalue weighted by Crippen LogP contribution is -2.44. The van der Waals surface area contributed by atoms with Gasteiger partial charge in [0.05, 0.1) is 5.69 Å². The van der Waals surface area contributed by atoms with Crippen LogP contribution in [0.15, 0.2) is 4.90 Å². The van der Waals surface area contributed by atoms with Gasteiger partial charge in [0.2, 0.25) is 10.0 Å². The molecule has 21 heavy (non-hydrogen) atoms. The Bertz CT molecular complexity index is 590. The molecule has 1 saturated heterocycles. The predicted octanol–water partition coefficient (Wildman–Crippen LogP) is 0.463. The van der Waals surface area contributed by atoms with E-state index in [0.29, 0.717) is 12.2 Å². The molecule has 1 aliphatic heterocycles. The highest BCUT2D eigenvalue weighted by atomic mass is 32.2. The molecule has 2 rings (SSSR count). The SMILES string of the molecule is Cc1c(S(=O)(=O)NCC(C)N2CCCCC2)c(N)nn1C. The Balaban J connectivity index is 2.04. The summed E-state index contributed by atoms with van der Waals surface area (Å²) in [7, 11) is -1.94. The number of nitrogens with one attached hydrogen (secondary N) is 1. The van der Waals surface area contributed by atoms with Crippen LogP contribution in [0.2, 0.25) is 0 Å². The van der Waals surface area contributed by atoms with Crippen molar-refractivity contribution in [1.82, 2.24) is 19.4 Å². The zero-order valence-electron chi connectivity index (χ0n) is 13.0. The summed E-state index contributed by atoms with van der Waals surface area (Å²) in [5, 5.41) is 3.96. The van der Waals surface area contributed by atoms with Crippen LogP contribution in [0.5, 0.6) is 0 Å². The predicted molar refractivity (Wildman–Crippen MR) is 82.4 cm³/mol. The van der Waals surface area contributed by atoms with E-state index < -0.39 is 10.0 Å². The number of likely N-dealkylation sites (tertiary alicyclic amines) is 1. The molecule has 0 saturated carbocycles. The number of hydrogen-bond acceptors (Lipinski definition) is 5. The number of nitrogens with two attached hydrogens (primary N) is 1. The van der Waals surface area contributed by atoms with Crippen molar-refractivity contribution in [2.75, 3.05) is 25.4 Å². The second-order valence-corrected chi connectivity index (χ2v) is 7.42. The van der Waals surface area contributed by atoms with E-state index in [1.54, 1.807) is 14.0 Å². The molecule has 1 aromatic heterocycles. The molecule has 8 heteroatoms. The Morgan fingerprint density at radius 1 is 1.33 bits per heavy atom. The molecule has 0 radical (unpaired) electrons. The molecule has 0 aromatic carbocycles. The molecule has 0 aliphatic carbocycles. The number of nitrogens with zero attached hydrogens (tertiary/aromatic N) is 3. The minimum Gasteiger partial charge on any atom is -0.381 e. The van der Waals surface area contributed by atoms with Crippen LogP contribution in [0, 0.1) is 6.92 Å². The van der Waals surface area contributed by atoms with Gasteiger partial charge in [-0.3, -0.25) is 9.58 Å². The quantitative estimate of drug-likeness (QED) is 0.823. The van der Waals surface area contributed by atoms with Crippen LogP contribution in [0.3, 0.4) is 0 Å². The van der Waals surface area contributed by atoms with Crippen molar-refractivity contribution in [3.63, 3.8) is 0 Å². The highest BCUT2D eigenvalue weighted by Crippen LogP contribution is 2.21. The van der Waals surface area contributed by atoms with Crippen molar-refractivity contribution in [2.24, 2.45) is 7.05 Å². The average Bonchev–Trinajstić information content (AvgIpc) is 2.71. The zero-order chi connectivity index (χ0) is 15.6. The van der Waals surface area contributed by atoms with Gasteiger partial charge in [-0.25, -0.2) is 13.1 Å². The molecule has 1 unspecified atom stereocenters. The Morgan fingerprint density at radius 2 is 1.95 bits per heavy atom. The molecule has 1 aliphatic rings. The maximum atomic E-state index is 12.4. The summed E-state index contributed by atoms with van der Waals surface area (Å²) >= 11 is 0. The van der Waals surface area contributed by atoms with Gasteiger partial charge in [0.25, 0.3) is 0 Å². The summed E-state index contributed by atoms with van der Waals surface area (Å²) in [4.78, 5) is 2.42. The van der Waals surface area contributed by atoms with Gasteiger partial charge >= 0.3 is 0 Å². The van der Waals surface area contributed by atoms with Crippen molar-refractivity contribution in [3.8, 4) is 0 Å². The molecule has 0 spiro atoms. The summed E-state index contributed by atoms with van der Waals surface area (Å²) in [5.74, 6) is 0.0492. The molecule has 1 atom stereocenters. The van der Waals surface area contributed by atoms with Crippen LogP contribution in [0.25, 0.3) is 0 Å². The summed E-state index contributed by atoms with van der Waals surface area (Å²) in [5.41, 5.74) is 6.26. The van der Waals surface area contributed by atoms with E-state index in [-0.39, 0.29) is 16.8 Å². The Kier molecular flexibility index (Phi) is 4.90. The standard InChI is InChI=1S/C13H25N5O2S/c1-10(18-7-5-4-6-8-18)9-15-21(19,20)12-11(2)17(3)16-13(12)14/h10,15H,4-9H2,1-3H3,(H2,14,16). The van der Waals surface area contributed by atoms with Gasteiger partial charge in [-0.1, -0.05) is 6.42 Å². The van der Waals surface area contributed by atoms with E-state index in [9.17, 15) is 8.42 Å². The lowest BCUT2D eigenvalue weighted by Gasteiger charge is -2.32. The molecule has 0 bridgehead atoms. The Labute approximate surface area is 126 Å². The highest BCUT2D eigenvalue weighted by molar-refractivity contribution is 7.89. The van der Waals surface area contributed by atoms with E-state index >= 15 is 0 Å². The monoisotopic (exact) mass is 315 g/mol. The van der Waals surface area contributed by atoms with Gasteiger partial charge in [0.15, 0.2) is 5.82 Å². The third-order valence-corrected chi connectivity index (χ3v) is 5.74. The molecule has 120 valence electrons. The molecule has 2 heterocycles. The number of piperidine rings is 1. The first-order valence-electron chi connectivity index (χ1n) is 7.35. The number of hydrogen-bond donors (Lipinski definition) is 2. The second kappa shape index (κ2) is 6.33.